The van der Waals surface area contributed by atoms with Crippen molar-refractivity contribution in [3.63, 3.8) is 0 Å². The minimum atomic E-state index is -0.434. The van der Waals surface area contributed by atoms with Gasteiger partial charge in [-0.3, -0.25) is 14.0 Å². The Morgan fingerprint density at radius 3 is 2.65 bits per heavy atom. The van der Waals surface area contributed by atoms with Gasteiger partial charge in [0.25, 0.3) is 5.91 Å². The molecule has 4 rings (SSSR count). The Morgan fingerprint density at radius 1 is 1.00 bits per heavy atom. The second-order valence-corrected chi connectivity index (χ2v) is 7.59. The van der Waals surface area contributed by atoms with Crippen LogP contribution in [0, 0.1) is 5.82 Å². The van der Waals surface area contributed by atoms with Crippen molar-refractivity contribution in [2.45, 2.75) is 11.7 Å². The number of carbonyl (C=O) groups excluding carboxylic acids is 2. The van der Waals surface area contributed by atoms with Crippen molar-refractivity contribution < 1.29 is 14.0 Å². The molecule has 2 aromatic carbocycles. The van der Waals surface area contributed by atoms with Gasteiger partial charge in [0.15, 0.2) is 10.8 Å². The van der Waals surface area contributed by atoms with E-state index in [-0.39, 0.29) is 11.7 Å². The highest BCUT2D eigenvalue weighted by Gasteiger charge is 2.13. The van der Waals surface area contributed by atoms with Crippen LogP contribution in [0.25, 0.3) is 5.65 Å². The van der Waals surface area contributed by atoms with Gasteiger partial charge in [-0.1, -0.05) is 48.2 Å². The van der Waals surface area contributed by atoms with Crippen molar-refractivity contribution in [1.29, 1.82) is 0 Å². The number of aromatic nitrogens is 3. The molecular formula is C22H18FN5O2S. The third-order valence-electron chi connectivity index (χ3n) is 4.38. The maximum absolute atomic E-state index is 13.3. The number of nitrogens with one attached hydrogen (secondary N) is 2. The molecule has 156 valence electrons. The van der Waals surface area contributed by atoms with E-state index < -0.39 is 11.7 Å². The first kappa shape index (κ1) is 20.5. The quantitative estimate of drug-likeness (QED) is 0.434. The Morgan fingerprint density at radius 2 is 1.84 bits per heavy atom. The zero-order valence-electron chi connectivity index (χ0n) is 16.3. The number of nitrogens with zero attached hydrogens (tertiary/aromatic N) is 3. The number of halogens is 1. The highest BCUT2D eigenvalue weighted by atomic mass is 32.2. The molecule has 0 saturated carbocycles. The predicted molar refractivity (Wildman–Crippen MR) is 116 cm³/mol. The zero-order chi connectivity index (χ0) is 21.6. The Labute approximate surface area is 181 Å². The maximum atomic E-state index is 13.3. The molecule has 0 bridgehead atoms. The largest absolute Gasteiger partial charge is 0.351 e. The smallest absolute Gasteiger partial charge is 0.257 e. The van der Waals surface area contributed by atoms with Crippen LogP contribution >= 0.6 is 11.8 Å². The van der Waals surface area contributed by atoms with Crippen LogP contribution in [0.4, 0.5) is 10.1 Å². The van der Waals surface area contributed by atoms with Crippen LogP contribution in [0.5, 0.6) is 0 Å². The van der Waals surface area contributed by atoms with Gasteiger partial charge in [-0.25, -0.2) is 4.39 Å². The Hall–Kier alpha value is -3.72. The molecule has 0 unspecified atom stereocenters. The lowest BCUT2D eigenvalue weighted by atomic mass is 10.2. The molecule has 7 nitrogen and oxygen atoms in total. The van der Waals surface area contributed by atoms with Gasteiger partial charge in [-0.05, 0) is 35.9 Å². The van der Waals surface area contributed by atoms with Gasteiger partial charge in [-0.15, -0.1) is 10.2 Å². The standard InChI is InChI=1S/C22H18FN5O2S/c23-17-7-4-8-18(11-17)25-21(30)16-9-10-19-26-27-22(28(19)13-16)31-14-20(29)24-12-15-5-2-1-3-6-15/h1-11,13H,12,14H2,(H,24,29)(H,25,30). The van der Waals surface area contributed by atoms with E-state index in [1.807, 2.05) is 30.3 Å². The predicted octanol–water partition coefficient (Wildman–Crippen LogP) is 3.53. The molecule has 2 amide bonds. The Balaban J connectivity index is 1.40. The molecule has 31 heavy (non-hydrogen) atoms. The van der Waals surface area contributed by atoms with Crippen LogP contribution < -0.4 is 10.6 Å². The second kappa shape index (κ2) is 9.40. The van der Waals surface area contributed by atoms with Crippen molar-refractivity contribution in [2.75, 3.05) is 11.1 Å². The molecule has 0 spiro atoms. The summed E-state index contributed by atoms with van der Waals surface area (Å²) in [5.41, 5.74) is 2.28. The molecule has 0 radical (unpaired) electrons. The summed E-state index contributed by atoms with van der Waals surface area (Å²) in [6, 6.07) is 18.6. The summed E-state index contributed by atoms with van der Waals surface area (Å²) in [6.07, 6.45) is 1.59. The molecule has 2 heterocycles. The van der Waals surface area contributed by atoms with Crippen LogP contribution in [0.1, 0.15) is 15.9 Å². The van der Waals surface area contributed by atoms with Crippen molar-refractivity contribution in [3.8, 4) is 0 Å². The number of anilines is 1. The van der Waals surface area contributed by atoms with Gasteiger partial charge in [0.1, 0.15) is 5.82 Å². The molecule has 0 aliphatic rings. The van der Waals surface area contributed by atoms with Crippen LogP contribution in [0.15, 0.2) is 78.1 Å². The summed E-state index contributed by atoms with van der Waals surface area (Å²) in [6.45, 7) is 0.450. The number of fused-ring (bicyclic) bond motifs is 1. The molecule has 0 aliphatic heterocycles. The minimum Gasteiger partial charge on any atom is -0.351 e. The number of hydrogen-bond acceptors (Lipinski definition) is 5. The summed E-state index contributed by atoms with van der Waals surface area (Å²) in [7, 11) is 0. The Bertz CT molecular complexity index is 1230. The highest BCUT2D eigenvalue weighted by molar-refractivity contribution is 7.99. The SMILES string of the molecule is O=C(CSc1nnc2ccc(C(=O)Nc3cccc(F)c3)cn12)NCc1ccccc1. The number of amides is 2. The first-order valence-corrected chi connectivity index (χ1v) is 10.4. The summed E-state index contributed by atoms with van der Waals surface area (Å²) in [5, 5.41) is 14.2. The maximum Gasteiger partial charge on any atom is 0.257 e. The van der Waals surface area contributed by atoms with Gasteiger partial charge in [0.2, 0.25) is 5.91 Å². The fraction of sp³-hybridized carbons (Fsp3) is 0.0909. The third kappa shape index (κ3) is 5.26. The molecule has 0 aliphatic carbocycles. The van der Waals surface area contributed by atoms with Crippen molar-refractivity contribution in [3.05, 3.63) is 89.9 Å². The summed E-state index contributed by atoms with van der Waals surface area (Å²) in [4.78, 5) is 24.7. The number of carbonyl (C=O) groups is 2. The summed E-state index contributed by atoms with van der Waals surface area (Å²) in [5.74, 6) is -0.799. The van der Waals surface area contributed by atoms with Gasteiger partial charge in [-0.2, -0.15) is 0 Å². The van der Waals surface area contributed by atoms with Crippen LogP contribution in [0.2, 0.25) is 0 Å². The average Bonchev–Trinajstić information content (AvgIpc) is 3.19. The number of benzene rings is 2. The monoisotopic (exact) mass is 435 g/mol. The molecule has 4 aromatic rings. The van der Waals surface area contributed by atoms with Crippen LogP contribution in [-0.4, -0.2) is 32.2 Å². The Kier molecular flexibility index (Phi) is 6.23. The van der Waals surface area contributed by atoms with E-state index >= 15 is 0 Å². The lowest BCUT2D eigenvalue weighted by molar-refractivity contribution is -0.118. The second-order valence-electron chi connectivity index (χ2n) is 6.64. The van der Waals surface area contributed by atoms with Crippen molar-refractivity contribution in [1.82, 2.24) is 19.9 Å². The van der Waals surface area contributed by atoms with E-state index in [0.717, 1.165) is 5.56 Å². The minimum absolute atomic E-state index is 0.134. The fourth-order valence-corrected chi connectivity index (χ4v) is 3.60. The number of thioether (sulfide) groups is 1. The van der Waals surface area contributed by atoms with Gasteiger partial charge < -0.3 is 10.6 Å². The molecule has 2 N–H and O–H groups in total. The molecule has 9 heteroatoms. The molecule has 0 fully saturated rings. The van der Waals surface area contributed by atoms with Crippen molar-refractivity contribution >= 4 is 34.9 Å². The summed E-state index contributed by atoms with van der Waals surface area (Å²) < 4.78 is 15.0. The van der Waals surface area contributed by atoms with E-state index in [9.17, 15) is 14.0 Å². The van der Waals surface area contributed by atoms with Gasteiger partial charge >= 0.3 is 0 Å². The van der Waals surface area contributed by atoms with Gasteiger partial charge in [0, 0.05) is 18.4 Å². The fourth-order valence-electron chi connectivity index (χ4n) is 2.85. The number of hydrogen-bond donors (Lipinski definition) is 2. The zero-order valence-corrected chi connectivity index (χ0v) is 17.1. The van der Waals surface area contributed by atoms with Gasteiger partial charge in [0.05, 0.1) is 11.3 Å². The van der Waals surface area contributed by atoms with E-state index in [1.165, 1.54) is 30.0 Å². The number of pyridine rings is 1. The third-order valence-corrected chi connectivity index (χ3v) is 5.32. The van der Waals surface area contributed by atoms with E-state index in [2.05, 4.69) is 20.8 Å². The lowest BCUT2D eigenvalue weighted by Crippen LogP contribution is -2.24. The highest BCUT2D eigenvalue weighted by Crippen LogP contribution is 2.18. The van der Waals surface area contributed by atoms with Crippen LogP contribution in [0.3, 0.4) is 0 Å². The van der Waals surface area contributed by atoms with Crippen molar-refractivity contribution in [2.24, 2.45) is 0 Å². The topological polar surface area (TPSA) is 88.4 Å². The van der Waals surface area contributed by atoms with E-state index in [0.29, 0.717) is 28.6 Å². The molecular weight excluding hydrogens is 417 g/mol. The first-order valence-electron chi connectivity index (χ1n) is 9.43. The van der Waals surface area contributed by atoms with Crippen LogP contribution in [-0.2, 0) is 11.3 Å². The average molecular weight is 435 g/mol. The summed E-state index contributed by atoms with van der Waals surface area (Å²) >= 11 is 1.22. The molecule has 2 aromatic heterocycles. The molecule has 0 atom stereocenters. The van der Waals surface area contributed by atoms with E-state index in [4.69, 9.17) is 0 Å². The normalized spacial score (nSPS) is 10.7. The number of rotatable bonds is 7. The first-order chi connectivity index (χ1) is 15.1. The van der Waals surface area contributed by atoms with E-state index in [1.54, 1.807) is 28.8 Å². The molecule has 0 saturated heterocycles. The lowest BCUT2D eigenvalue weighted by Gasteiger charge is -2.07.